The van der Waals surface area contributed by atoms with E-state index >= 15 is 0 Å². The molecule has 0 unspecified atom stereocenters. The van der Waals surface area contributed by atoms with Crippen LogP contribution < -0.4 is 0 Å². The van der Waals surface area contributed by atoms with Gasteiger partial charge in [0.2, 0.25) is 0 Å². The molecule has 1 nitrogen and oxygen atoms in total. The Bertz CT molecular complexity index is 29.3. The van der Waals surface area contributed by atoms with Crippen LogP contribution in [0, 0.1) is 0 Å². The van der Waals surface area contributed by atoms with Crippen molar-refractivity contribution in [2.45, 2.75) is 26.9 Å². The molecule has 0 heterocycles. The van der Waals surface area contributed by atoms with E-state index in [-0.39, 0.29) is 19.5 Å². The number of ether oxygens (including phenoxy) is 1. The van der Waals surface area contributed by atoms with Crippen LogP contribution in [-0.2, 0) is 24.2 Å². The zero-order valence-electron chi connectivity index (χ0n) is 5.40. The van der Waals surface area contributed by atoms with Crippen molar-refractivity contribution in [2.75, 3.05) is 6.61 Å². The van der Waals surface area contributed by atoms with Crippen LogP contribution in [0.25, 0.3) is 0 Å². The van der Waals surface area contributed by atoms with Gasteiger partial charge >= 0.3 is 0 Å². The van der Waals surface area contributed by atoms with Crippen molar-refractivity contribution in [3.63, 3.8) is 0 Å². The van der Waals surface area contributed by atoms with Crippen molar-refractivity contribution in [1.29, 1.82) is 0 Å². The van der Waals surface area contributed by atoms with Crippen LogP contribution in [0.2, 0.25) is 0 Å². The molecule has 0 aromatic heterocycles. The fourth-order valence-corrected chi connectivity index (χ4v) is 0.333. The summed E-state index contributed by atoms with van der Waals surface area (Å²) in [6.45, 7) is 6.89. The first-order valence-corrected chi connectivity index (χ1v) is 2.39. The van der Waals surface area contributed by atoms with Gasteiger partial charge in [-0.2, -0.15) is 0 Å². The van der Waals surface area contributed by atoms with Gasteiger partial charge in [0.1, 0.15) is 0 Å². The molecule has 0 bridgehead atoms. The normalized spacial score (nSPS) is 8.57. The van der Waals surface area contributed by atoms with Crippen molar-refractivity contribution in [2.24, 2.45) is 0 Å². The van der Waals surface area contributed by atoms with E-state index in [1.54, 1.807) is 0 Å². The van der Waals surface area contributed by atoms with Crippen LogP contribution in [0.15, 0.2) is 0 Å². The van der Waals surface area contributed by atoms with E-state index in [0.29, 0.717) is 6.10 Å². The summed E-state index contributed by atoms with van der Waals surface area (Å²) in [4.78, 5) is 0. The number of hydrogen-bond donors (Lipinski definition) is 0. The van der Waals surface area contributed by atoms with E-state index < -0.39 is 0 Å². The Kier molecular flexibility index (Phi) is 9.92. The summed E-state index contributed by atoms with van der Waals surface area (Å²) < 4.78 is 5.04. The maximum atomic E-state index is 5.04. The fraction of sp³-hybridized carbons (Fsp3) is 1.00. The van der Waals surface area contributed by atoms with Gasteiger partial charge in [-0.15, -0.1) is 0 Å². The standard InChI is InChI=1S/C5H12O.Zn/c1-4-6-5(2)3;/h5H,4H2,1-3H3;. The molecule has 0 spiro atoms. The van der Waals surface area contributed by atoms with Crippen LogP contribution in [-0.4, -0.2) is 12.7 Å². The first kappa shape index (κ1) is 10.5. The predicted octanol–water partition coefficient (Wildman–Crippen LogP) is 1.43. The Labute approximate surface area is 58.2 Å². The van der Waals surface area contributed by atoms with Gasteiger partial charge in [0.05, 0.1) is 6.10 Å². The van der Waals surface area contributed by atoms with Crippen molar-refractivity contribution in [3.8, 4) is 0 Å². The smallest absolute Gasteiger partial charge is 0.0518 e. The van der Waals surface area contributed by atoms with Gasteiger partial charge in [-0.3, -0.25) is 0 Å². The van der Waals surface area contributed by atoms with E-state index in [2.05, 4.69) is 0 Å². The molecule has 2 heteroatoms. The molecule has 0 fully saturated rings. The third-order valence-electron chi connectivity index (χ3n) is 0.500. The second-order valence-electron chi connectivity index (χ2n) is 1.50. The average Bonchev–Trinajstić information content (AvgIpc) is 1.35. The fourth-order valence-electron chi connectivity index (χ4n) is 0.333. The molecule has 0 radical (unpaired) electrons. The number of rotatable bonds is 2. The summed E-state index contributed by atoms with van der Waals surface area (Å²) >= 11 is 0. The molecule has 0 N–H and O–H groups in total. The first-order chi connectivity index (χ1) is 2.77. The molecule has 0 aliphatic heterocycles. The Hall–Kier alpha value is 0.583. The molecular formula is C5H12OZn. The molecule has 0 aromatic rings. The van der Waals surface area contributed by atoms with Gasteiger partial charge < -0.3 is 4.74 Å². The second kappa shape index (κ2) is 6.58. The number of hydrogen-bond acceptors (Lipinski definition) is 1. The molecule has 40 valence electrons. The third kappa shape index (κ3) is 10.8. The van der Waals surface area contributed by atoms with Crippen molar-refractivity contribution < 1.29 is 24.2 Å². The van der Waals surface area contributed by atoms with E-state index in [0.717, 1.165) is 6.61 Å². The molecule has 0 saturated heterocycles. The van der Waals surface area contributed by atoms with Crippen LogP contribution >= 0.6 is 0 Å². The molecule has 0 aliphatic carbocycles. The van der Waals surface area contributed by atoms with E-state index in [9.17, 15) is 0 Å². The van der Waals surface area contributed by atoms with Gasteiger partial charge in [-0.25, -0.2) is 0 Å². The van der Waals surface area contributed by atoms with Gasteiger partial charge in [0.15, 0.2) is 0 Å². The SMILES string of the molecule is CCOC(C)C.[Zn]. The Morgan fingerprint density at radius 3 is 1.86 bits per heavy atom. The average molecular weight is 154 g/mol. The maximum absolute atomic E-state index is 5.04. The van der Waals surface area contributed by atoms with Crippen molar-refractivity contribution in [3.05, 3.63) is 0 Å². The third-order valence-corrected chi connectivity index (χ3v) is 0.500. The summed E-state index contributed by atoms with van der Waals surface area (Å²) in [5.41, 5.74) is 0. The van der Waals surface area contributed by atoms with Gasteiger partial charge in [0.25, 0.3) is 0 Å². The summed E-state index contributed by atoms with van der Waals surface area (Å²) in [7, 11) is 0. The Balaban J connectivity index is 0. The van der Waals surface area contributed by atoms with Crippen molar-refractivity contribution in [1.82, 2.24) is 0 Å². The minimum absolute atomic E-state index is 0. The Morgan fingerprint density at radius 1 is 1.43 bits per heavy atom. The van der Waals surface area contributed by atoms with Crippen molar-refractivity contribution >= 4 is 0 Å². The Morgan fingerprint density at radius 2 is 1.86 bits per heavy atom. The maximum Gasteiger partial charge on any atom is 0.0518 e. The predicted molar refractivity (Wildman–Crippen MR) is 26.8 cm³/mol. The van der Waals surface area contributed by atoms with Crippen LogP contribution in [0.1, 0.15) is 20.8 Å². The van der Waals surface area contributed by atoms with E-state index in [1.807, 2.05) is 20.8 Å². The van der Waals surface area contributed by atoms with Crippen LogP contribution in [0.5, 0.6) is 0 Å². The van der Waals surface area contributed by atoms with Gasteiger partial charge in [-0.1, -0.05) is 0 Å². The zero-order chi connectivity index (χ0) is 4.99. The summed E-state index contributed by atoms with van der Waals surface area (Å²) in [6, 6.07) is 0. The van der Waals surface area contributed by atoms with E-state index in [1.165, 1.54) is 0 Å². The summed E-state index contributed by atoms with van der Waals surface area (Å²) in [6.07, 6.45) is 0.398. The molecule has 0 amide bonds. The topological polar surface area (TPSA) is 9.23 Å². The molecule has 0 rings (SSSR count). The molecular weight excluding hydrogens is 141 g/mol. The molecule has 0 aromatic carbocycles. The zero-order valence-corrected chi connectivity index (χ0v) is 8.37. The quantitative estimate of drug-likeness (QED) is 0.546. The van der Waals surface area contributed by atoms with Gasteiger partial charge in [-0.05, 0) is 20.8 Å². The molecule has 7 heavy (non-hydrogen) atoms. The largest absolute Gasteiger partial charge is 0.379 e. The molecule has 0 aliphatic rings. The van der Waals surface area contributed by atoms with Gasteiger partial charge in [0, 0.05) is 26.1 Å². The minimum atomic E-state index is 0. The van der Waals surface area contributed by atoms with Crippen LogP contribution in [0.3, 0.4) is 0 Å². The summed E-state index contributed by atoms with van der Waals surface area (Å²) in [5.74, 6) is 0. The molecule has 0 saturated carbocycles. The minimum Gasteiger partial charge on any atom is -0.379 e. The monoisotopic (exact) mass is 152 g/mol. The van der Waals surface area contributed by atoms with Crippen LogP contribution in [0.4, 0.5) is 0 Å². The molecule has 0 atom stereocenters. The second-order valence-corrected chi connectivity index (χ2v) is 1.50. The first-order valence-electron chi connectivity index (χ1n) is 2.39. The van der Waals surface area contributed by atoms with E-state index in [4.69, 9.17) is 4.74 Å². The summed E-state index contributed by atoms with van der Waals surface area (Å²) in [5, 5.41) is 0.